The summed E-state index contributed by atoms with van der Waals surface area (Å²) in [6.07, 6.45) is 1.89. The van der Waals surface area contributed by atoms with Crippen LogP contribution in [0.5, 0.6) is 0 Å². The monoisotopic (exact) mass is 271 g/mol. The molecule has 7 heteroatoms. The lowest BCUT2D eigenvalue weighted by Crippen LogP contribution is -2.45. The maximum absolute atomic E-state index is 11.9. The molecule has 108 valence electrons. The van der Waals surface area contributed by atoms with Crippen LogP contribution in [-0.4, -0.2) is 49.4 Å². The molecule has 0 aromatic heterocycles. The fraction of sp³-hybridized carbons (Fsp3) is 0.833. The van der Waals surface area contributed by atoms with Crippen molar-refractivity contribution in [2.75, 3.05) is 26.3 Å². The largest absolute Gasteiger partial charge is 0.379 e. The molecular weight excluding hydrogens is 250 g/mol. The van der Waals surface area contributed by atoms with E-state index >= 15 is 0 Å². The van der Waals surface area contributed by atoms with Gasteiger partial charge in [-0.2, -0.15) is 0 Å². The third-order valence-corrected chi connectivity index (χ3v) is 3.69. The number of carbonyl (C=O) groups is 2. The maximum atomic E-state index is 11.9. The summed E-state index contributed by atoms with van der Waals surface area (Å²) >= 11 is 0. The molecule has 2 saturated heterocycles. The number of rotatable bonds is 4. The van der Waals surface area contributed by atoms with Gasteiger partial charge in [0, 0.05) is 19.6 Å². The topological polar surface area (TPSA) is 99.7 Å². The van der Waals surface area contributed by atoms with Gasteiger partial charge in [-0.3, -0.25) is 14.8 Å². The molecule has 0 spiro atoms. The third kappa shape index (κ3) is 4.15. The Morgan fingerprint density at radius 2 is 2.21 bits per heavy atom. The molecule has 2 aliphatic rings. The number of piperidine rings is 1. The average Bonchev–Trinajstić information content (AvgIpc) is 2.90. The molecule has 0 bridgehead atoms. The van der Waals surface area contributed by atoms with Crippen LogP contribution in [0, 0.1) is 11.8 Å². The van der Waals surface area contributed by atoms with Gasteiger partial charge in [0.15, 0.2) is 0 Å². The van der Waals surface area contributed by atoms with Crippen molar-refractivity contribution in [3.63, 3.8) is 0 Å². The molecule has 2 unspecified atom stereocenters. The van der Waals surface area contributed by atoms with Gasteiger partial charge in [-0.25, -0.2) is 5.48 Å². The minimum atomic E-state index is -0.387. The van der Waals surface area contributed by atoms with Gasteiger partial charge in [-0.1, -0.05) is 0 Å². The summed E-state index contributed by atoms with van der Waals surface area (Å²) < 4.78 is 5.20. The number of nitrogens with one attached hydrogen (secondary N) is 3. The first-order valence-corrected chi connectivity index (χ1v) is 6.70. The maximum Gasteiger partial charge on any atom is 0.247 e. The second kappa shape index (κ2) is 6.83. The zero-order chi connectivity index (χ0) is 13.7. The fourth-order valence-corrected chi connectivity index (χ4v) is 2.67. The molecule has 7 nitrogen and oxygen atoms in total. The Morgan fingerprint density at radius 1 is 1.37 bits per heavy atom. The average molecular weight is 271 g/mol. The van der Waals surface area contributed by atoms with Crippen LogP contribution in [0.3, 0.4) is 0 Å². The quantitative estimate of drug-likeness (QED) is 0.389. The number of hydrogen-bond acceptors (Lipinski definition) is 5. The predicted octanol–water partition coefficient (Wildman–Crippen LogP) is -0.987. The summed E-state index contributed by atoms with van der Waals surface area (Å²) in [4.78, 5) is 23.2. The molecule has 0 radical (unpaired) electrons. The third-order valence-electron chi connectivity index (χ3n) is 3.69. The summed E-state index contributed by atoms with van der Waals surface area (Å²) in [6.45, 7) is 2.56. The highest BCUT2D eigenvalue weighted by atomic mass is 16.5. The molecule has 19 heavy (non-hydrogen) atoms. The van der Waals surface area contributed by atoms with Crippen LogP contribution in [0.15, 0.2) is 0 Å². The second-order valence-electron chi connectivity index (χ2n) is 5.27. The molecule has 0 aromatic carbocycles. The van der Waals surface area contributed by atoms with Crippen molar-refractivity contribution in [1.82, 2.24) is 16.1 Å². The van der Waals surface area contributed by atoms with Gasteiger partial charge in [-0.15, -0.1) is 0 Å². The Labute approximate surface area is 112 Å². The van der Waals surface area contributed by atoms with Crippen molar-refractivity contribution in [3.05, 3.63) is 0 Å². The van der Waals surface area contributed by atoms with Gasteiger partial charge in [0.05, 0.1) is 18.6 Å². The van der Waals surface area contributed by atoms with E-state index in [9.17, 15) is 9.59 Å². The van der Waals surface area contributed by atoms with Gasteiger partial charge in [0.2, 0.25) is 11.8 Å². The van der Waals surface area contributed by atoms with Crippen LogP contribution in [0.25, 0.3) is 0 Å². The van der Waals surface area contributed by atoms with Crippen molar-refractivity contribution >= 4 is 11.8 Å². The van der Waals surface area contributed by atoms with Gasteiger partial charge in [-0.05, 0) is 25.3 Å². The lowest BCUT2D eigenvalue weighted by atomic mass is 9.87. The molecule has 2 aliphatic heterocycles. The first-order chi connectivity index (χ1) is 9.19. The summed E-state index contributed by atoms with van der Waals surface area (Å²) in [5.41, 5.74) is 1.67. The molecule has 2 heterocycles. The van der Waals surface area contributed by atoms with Crippen LogP contribution in [-0.2, 0) is 14.3 Å². The van der Waals surface area contributed by atoms with E-state index in [4.69, 9.17) is 9.94 Å². The van der Waals surface area contributed by atoms with Crippen LogP contribution in [0.2, 0.25) is 0 Å². The van der Waals surface area contributed by atoms with E-state index in [1.807, 2.05) is 0 Å². The van der Waals surface area contributed by atoms with Gasteiger partial charge in [0.1, 0.15) is 0 Å². The van der Waals surface area contributed by atoms with E-state index in [0.29, 0.717) is 32.6 Å². The molecule has 2 amide bonds. The van der Waals surface area contributed by atoms with Crippen molar-refractivity contribution in [2.45, 2.75) is 25.3 Å². The van der Waals surface area contributed by atoms with Crippen molar-refractivity contribution in [2.24, 2.45) is 11.8 Å². The summed E-state index contributed by atoms with van der Waals surface area (Å²) in [5, 5.41) is 14.7. The minimum Gasteiger partial charge on any atom is -0.379 e. The highest BCUT2D eigenvalue weighted by molar-refractivity contribution is 5.78. The first kappa shape index (κ1) is 14.2. The van der Waals surface area contributed by atoms with Crippen LogP contribution < -0.4 is 16.1 Å². The van der Waals surface area contributed by atoms with Gasteiger partial charge < -0.3 is 15.4 Å². The van der Waals surface area contributed by atoms with E-state index in [1.165, 1.54) is 0 Å². The predicted molar refractivity (Wildman–Crippen MR) is 66.4 cm³/mol. The standard InChI is InChI=1S/C12H21N3O4/c16-11(14-10-1-2-19-7-10)4-8-3-9(6-13-5-8)12(17)15-18/h8-10,13,18H,1-7H2,(H,14,16)(H,15,17)/t8?,9?,10-/m1/s1. The molecule has 0 aromatic rings. The Kier molecular flexibility index (Phi) is 5.12. The van der Waals surface area contributed by atoms with E-state index in [1.54, 1.807) is 5.48 Å². The van der Waals surface area contributed by atoms with Crippen molar-refractivity contribution in [3.8, 4) is 0 Å². The summed E-state index contributed by atoms with van der Waals surface area (Å²) in [5.74, 6) is -0.529. The van der Waals surface area contributed by atoms with Crippen LogP contribution >= 0.6 is 0 Å². The molecule has 2 rings (SSSR count). The van der Waals surface area contributed by atoms with E-state index in [2.05, 4.69) is 10.6 Å². The van der Waals surface area contributed by atoms with Gasteiger partial charge >= 0.3 is 0 Å². The lowest BCUT2D eigenvalue weighted by Gasteiger charge is -2.28. The van der Waals surface area contributed by atoms with Crippen LogP contribution in [0.1, 0.15) is 19.3 Å². The number of ether oxygens (including phenoxy) is 1. The lowest BCUT2D eigenvalue weighted by molar-refractivity contribution is -0.135. The summed E-state index contributed by atoms with van der Waals surface area (Å²) in [6, 6.07) is 0.126. The van der Waals surface area contributed by atoms with Crippen LogP contribution in [0.4, 0.5) is 0 Å². The molecule has 0 aliphatic carbocycles. The van der Waals surface area contributed by atoms with E-state index in [-0.39, 0.29) is 29.7 Å². The first-order valence-electron chi connectivity index (χ1n) is 6.70. The molecular formula is C12H21N3O4. The normalized spacial score (nSPS) is 30.9. The number of carbonyl (C=O) groups excluding carboxylic acids is 2. The summed E-state index contributed by atoms with van der Waals surface area (Å²) in [7, 11) is 0. The Bertz CT molecular complexity index is 331. The highest BCUT2D eigenvalue weighted by Crippen LogP contribution is 2.19. The molecule has 4 N–H and O–H groups in total. The smallest absolute Gasteiger partial charge is 0.247 e. The highest BCUT2D eigenvalue weighted by Gasteiger charge is 2.28. The van der Waals surface area contributed by atoms with Gasteiger partial charge in [0.25, 0.3) is 0 Å². The molecule has 0 saturated carbocycles. The molecule has 3 atom stereocenters. The molecule has 2 fully saturated rings. The minimum absolute atomic E-state index is 0.00681. The Morgan fingerprint density at radius 3 is 2.89 bits per heavy atom. The number of hydrogen-bond donors (Lipinski definition) is 4. The van der Waals surface area contributed by atoms with E-state index < -0.39 is 0 Å². The Balaban J connectivity index is 1.74. The van der Waals surface area contributed by atoms with Crippen molar-refractivity contribution < 1.29 is 19.5 Å². The second-order valence-corrected chi connectivity index (χ2v) is 5.27. The SMILES string of the molecule is O=C(CC1CNCC(C(=O)NO)C1)N[C@@H]1CCOC1. The zero-order valence-electron chi connectivity index (χ0n) is 10.9. The number of hydroxylamine groups is 1. The van der Waals surface area contributed by atoms with E-state index in [0.717, 1.165) is 13.0 Å². The number of amides is 2. The fourth-order valence-electron chi connectivity index (χ4n) is 2.67. The Hall–Kier alpha value is -1.18. The van der Waals surface area contributed by atoms with Crippen molar-refractivity contribution in [1.29, 1.82) is 0 Å². The zero-order valence-corrected chi connectivity index (χ0v) is 10.9.